The summed E-state index contributed by atoms with van der Waals surface area (Å²) in [6.45, 7) is 5.58. The van der Waals surface area contributed by atoms with Gasteiger partial charge in [-0.1, -0.05) is 37.3 Å². The minimum Gasteiger partial charge on any atom is -0.219 e. The zero-order chi connectivity index (χ0) is 12.0. The molecule has 1 aromatic carbocycles. The van der Waals surface area contributed by atoms with E-state index in [0.717, 1.165) is 6.42 Å². The van der Waals surface area contributed by atoms with Gasteiger partial charge in [0, 0.05) is 5.41 Å². The van der Waals surface area contributed by atoms with E-state index in [-0.39, 0.29) is 5.92 Å². The first-order valence-corrected chi connectivity index (χ1v) is 6.70. The van der Waals surface area contributed by atoms with Gasteiger partial charge in [-0.25, -0.2) is 8.42 Å². The fraction of sp³-hybridized carbons (Fsp3) is 0.231. The van der Waals surface area contributed by atoms with Crippen LogP contribution in [0.5, 0.6) is 0 Å². The molecule has 86 valence electrons. The smallest absolute Gasteiger partial charge is 0.199 e. The molecule has 2 nitrogen and oxygen atoms in total. The molecule has 0 aliphatic heterocycles. The summed E-state index contributed by atoms with van der Waals surface area (Å²) >= 11 is 0. The van der Waals surface area contributed by atoms with Crippen molar-refractivity contribution in [2.24, 2.45) is 5.92 Å². The van der Waals surface area contributed by atoms with Gasteiger partial charge >= 0.3 is 0 Å². The first-order valence-electron chi connectivity index (χ1n) is 5.15. The van der Waals surface area contributed by atoms with E-state index >= 15 is 0 Å². The standard InChI is InChI=1S/C13H16O2S/c1-3-7-12(2)10-11-16(14,15)13-8-5-4-6-9-13/h3-6,8-12H,1,7H2,2H3/b11-10+/t12-/m1/s1. The highest BCUT2D eigenvalue weighted by Gasteiger charge is 2.09. The summed E-state index contributed by atoms with van der Waals surface area (Å²) in [5, 5.41) is 1.27. The Bertz CT molecular complexity index is 458. The second-order valence-corrected chi connectivity index (χ2v) is 5.52. The average Bonchev–Trinajstić information content (AvgIpc) is 2.28. The minimum atomic E-state index is -3.29. The SMILES string of the molecule is C=CC[C@@H](C)/C=C/S(=O)(=O)c1ccccc1. The van der Waals surface area contributed by atoms with Gasteiger partial charge in [0.05, 0.1) is 4.90 Å². The molecule has 0 spiro atoms. The molecule has 0 saturated heterocycles. The Hall–Kier alpha value is -1.35. The van der Waals surface area contributed by atoms with Crippen LogP contribution < -0.4 is 0 Å². The monoisotopic (exact) mass is 236 g/mol. The zero-order valence-corrected chi connectivity index (χ0v) is 10.2. The van der Waals surface area contributed by atoms with Crippen molar-refractivity contribution in [3.05, 3.63) is 54.5 Å². The van der Waals surface area contributed by atoms with Gasteiger partial charge in [-0.05, 0) is 24.5 Å². The number of benzene rings is 1. The molecule has 0 aliphatic rings. The predicted molar refractivity (Wildman–Crippen MR) is 66.7 cm³/mol. The summed E-state index contributed by atoms with van der Waals surface area (Å²) in [7, 11) is -3.29. The van der Waals surface area contributed by atoms with Crippen LogP contribution in [0.3, 0.4) is 0 Å². The molecule has 0 amide bonds. The van der Waals surface area contributed by atoms with Crippen LogP contribution in [0.25, 0.3) is 0 Å². The van der Waals surface area contributed by atoms with Crippen molar-refractivity contribution >= 4 is 9.84 Å². The molecule has 0 radical (unpaired) electrons. The van der Waals surface area contributed by atoms with Crippen LogP contribution in [0.15, 0.2) is 59.4 Å². The van der Waals surface area contributed by atoms with E-state index in [1.165, 1.54) is 5.41 Å². The number of hydrogen-bond donors (Lipinski definition) is 0. The molecule has 3 heteroatoms. The molecule has 0 saturated carbocycles. The molecule has 1 rings (SSSR count). The van der Waals surface area contributed by atoms with Gasteiger partial charge in [-0.2, -0.15) is 0 Å². The number of allylic oxidation sites excluding steroid dienone is 2. The quantitative estimate of drug-likeness (QED) is 0.736. The largest absolute Gasteiger partial charge is 0.219 e. The third-order valence-corrected chi connectivity index (χ3v) is 3.64. The number of rotatable bonds is 5. The molecule has 16 heavy (non-hydrogen) atoms. The molecule has 0 aliphatic carbocycles. The van der Waals surface area contributed by atoms with Crippen molar-refractivity contribution in [2.45, 2.75) is 18.2 Å². The van der Waals surface area contributed by atoms with Crippen LogP contribution in [0, 0.1) is 5.92 Å². The van der Waals surface area contributed by atoms with Crippen LogP contribution in [-0.4, -0.2) is 8.42 Å². The highest BCUT2D eigenvalue weighted by Crippen LogP contribution is 2.13. The van der Waals surface area contributed by atoms with Gasteiger partial charge in [0.2, 0.25) is 0 Å². The van der Waals surface area contributed by atoms with E-state index in [2.05, 4.69) is 6.58 Å². The van der Waals surface area contributed by atoms with Crippen molar-refractivity contribution in [2.75, 3.05) is 0 Å². The Morgan fingerprint density at radius 3 is 2.50 bits per heavy atom. The second-order valence-electron chi connectivity index (χ2n) is 3.69. The van der Waals surface area contributed by atoms with E-state index in [1.54, 1.807) is 42.5 Å². The first-order chi connectivity index (χ1) is 7.56. The average molecular weight is 236 g/mol. The van der Waals surface area contributed by atoms with Gasteiger partial charge in [-0.15, -0.1) is 6.58 Å². The topological polar surface area (TPSA) is 34.1 Å². The normalized spacial score (nSPS) is 13.8. The molecular weight excluding hydrogens is 220 g/mol. The summed E-state index contributed by atoms with van der Waals surface area (Å²) < 4.78 is 23.7. The first kappa shape index (κ1) is 12.7. The maximum Gasteiger partial charge on any atom is 0.199 e. The fourth-order valence-electron chi connectivity index (χ4n) is 1.27. The second kappa shape index (κ2) is 5.66. The van der Waals surface area contributed by atoms with Crippen molar-refractivity contribution in [1.82, 2.24) is 0 Å². The third-order valence-electron chi connectivity index (χ3n) is 2.20. The van der Waals surface area contributed by atoms with E-state index in [1.807, 2.05) is 6.92 Å². The van der Waals surface area contributed by atoms with Gasteiger partial charge < -0.3 is 0 Å². The lowest BCUT2D eigenvalue weighted by molar-refractivity contribution is 0.604. The van der Waals surface area contributed by atoms with E-state index < -0.39 is 9.84 Å². The molecule has 0 N–H and O–H groups in total. The lowest BCUT2D eigenvalue weighted by Gasteiger charge is -2.01. The van der Waals surface area contributed by atoms with Crippen molar-refractivity contribution < 1.29 is 8.42 Å². The Morgan fingerprint density at radius 2 is 1.94 bits per heavy atom. The molecule has 0 unspecified atom stereocenters. The molecule has 0 fully saturated rings. The Balaban J connectivity index is 2.85. The van der Waals surface area contributed by atoms with Gasteiger partial charge in [0.25, 0.3) is 0 Å². The maximum atomic E-state index is 11.8. The lowest BCUT2D eigenvalue weighted by Crippen LogP contribution is -1.97. The van der Waals surface area contributed by atoms with Crippen LogP contribution in [0.4, 0.5) is 0 Å². The zero-order valence-electron chi connectivity index (χ0n) is 9.34. The Labute approximate surface area is 97.2 Å². The molecule has 0 bridgehead atoms. The molecule has 1 aromatic rings. The highest BCUT2D eigenvalue weighted by atomic mass is 32.2. The molecule has 0 aromatic heterocycles. The lowest BCUT2D eigenvalue weighted by atomic mass is 10.1. The van der Waals surface area contributed by atoms with Crippen LogP contribution in [0.1, 0.15) is 13.3 Å². The van der Waals surface area contributed by atoms with Crippen molar-refractivity contribution in [3.8, 4) is 0 Å². The fourth-order valence-corrected chi connectivity index (χ4v) is 2.44. The molecular formula is C13H16O2S. The van der Waals surface area contributed by atoms with Crippen LogP contribution >= 0.6 is 0 Å². The molecule has 0 heterocycles. The Kier molecular flexibility index (Phi) is 4.50. The van der Waals surface area contributed by atoms with Gasteiger partial charge in [-0.3, -0.25) is 0 Å². The third kappa shape index (κ3) is 3.66. The minimum absolute atomic E-state index is 0.191. The van der Waals surface area contributed by atoms with Gasteiger partial charge in [0.1, 0.15) is 0 Å². The highest BCUT2D eigenvalue weighted by molar-refractivity contribution is 7.94. The summed E-state index contributed by atoms with van der Waals surface area (Å²) in [4.78, 5) is 0.331. The predicted octanol–water partition coefficient (Wildman–Crippen LogP) is 3.19. The van der Waals surface area contributed by atoms with Crippen molar-refractivity contribution in [1.29, 1.82) is 0 Å². The summed E-state index contributed by atoms with van der Waals surface area (Å²) in [6, 6.07) is 8.42. The van der Waals surface area contributed by atoms with Crippen LogP contribution in [0.2, 0.25) is 0 Å². The Morgan fingerprint density at radius 1 is 1.31 bits per heavy atom. The van der Waals surface area contributed by atoms with Gasteiger partial charge in [0.15, 0.2) is 9.84 Å². The number of sulfone groups is 1. The van der Waals surface area contributed by atoms with E-state index in [0.29, 0.717) is 4.90 Å². The van der Waals surface area contributed by atoms with Crippen molar-refractivity contribution in [3.63, 3.8) is 0 Å². The summed E-state index contributed by atoms with van der Waals surface area (Å²) in [6.07, 6.45) is 4.26. The summed E-state index contributed by atoms with van der Waals surface area (Å²) in [5.41, 5.74) is 0. The number of hydrogen-bond acceptors (Lipinski definition) is 2. The maximum absolute atomic E-state index is 11.8. The molecule has 1 atom stereocenters. The van der Waals surface area contributed by atoms with E-state index in [9.17, 15) is 8.42 Å². The van der Waals surface area contributed by atoms with E-state index in [4.69, 9.17) is 0 Å². The van der Waals surface area contributed by atoms with Crippen LogP contribution in [-0.2, 0) is 9.84 Å². The summed E-state index contributed by atoms with van der Waals surface area (Å²) in [5.74, 6) is 0.191.